The van der Waals surface area contributed by atoms with Crippen molar-refractivity contribution in [3.8, 4) is 11.1 Å². The summed E-state index contributed by atoms with van der Waals surface area (Å²) in [6, 6.07) is 13.3. The normalized spacial score (nSPS) is 18.3. The molecule has 0 aromatic heterocycles. The molecule has 6 nitrogen and oxygen atoms in total. The quantitative estimate of drug-likeness (QED) is 0.804. The van der Waals surface area contributed by atoms with Gasteiger partial charge in [0.1, 0.15) is 5.84 Å². The van der Waals surface area contributed by atoms with E-state index < -0.39 is 11.9 Å². The van der Waals surface area contributed by atoms with E-state index in [0.717, 1.165) is 42.6 Å². The number of amidine groups is 1. The van der Waals surface area contributed by atoms with Crippen LogP contribution in [0.25, 0.3) is 17.2 Å². The number of hydrogen-bond acceptors (Lipinski definition) is 4. The molecule has 0 spiro atoms. The first-order valence-electron chi connectivity index (χ1n) is 10.3. The number of benzene rings is 2. The molecule has 1 atom stereocenters. The van der Waals surface area contributed by atoms with Crippen LogP contribution in [0.5, 0.6) is 0 Å². The molecule has 1 unspecified atom stereocenters. The van der Waals surface area contributed by atoms with Crippen molar-refractivity contribution in [2.24, 2.45) is 16.6 Å². The number of nitrogens with zero attached hydrogens (tertiary/aromatic N) is 2. The zero-order chi connectivity index (χ0) is 21.3. The number of rotatable bonds is 4. The van der Waals surface area contributed by atoms with Gasteiger partial charge in [-0.1, -0.05) is 31.2 Å². The zero-order valence-corrected chi connectivity index (χ0v) is 17.0. The van der Waals surface area contributed by atoms with Gasteiger partial charge in [0.25, 0.3) is 5.91 Å². The van der Waals surface area contributed by atoms with E-state index in [4.69, 9.17) is 5.73 Å². The molecule has 3 N–H and O–H groups in total. The number of amides is 1. The molecule has 1 fully saturated rings. The third-order valence-corrected chi connectivity index (χ3v) is 5.84. The Morgan fingerprint density at radius 2 is 1.77 bits per heavy atom. The zero-order valence-electron chi connectivity index (χ0n) is 17.0. The van der Waals surface area contributed by atoms with Crippen LogP contribution in [0.1, 0.15) is 42.1 Å². The number of fused-ring (bicyclic) bond motifs is 1. The molecule has 1 amide bonds. The summed E-state index contributed by atoms with van der Waals surface area (Å²) in [5.41, 5.74) is 10.4. The molecule has 0 saturated carbocycles. The van der Waals surface area contributed by atoms with E-state index in [9.17, 15) is 14.7 Å². The molecule has 30 heavy (non-hydrogen) atoms. The first kappa shape index (κ1) is 19.9. The van der Waals surface area contributed by atoms with Crippen molar-refractivity contribution >= 4 is 29.5 Å². The van der Waals surface area contributed by atoms with Crippen molar-refractivity contribution in [2.45, 2.75) is 26.2 Å². The Morgan fingerprint density at radius 1 is 1.10 bits per heavy atom. The van der Waals surface area contributed by atoms with Gasteiger partial charge >= 0.3 is 5.97 Å². The topological polar surface area (TPSA) is 96.0 Å². The van der Waals surface area contributed by atoms with Crippen molar-refractivity contribution < 1.29 is 14.7 Å². The number of nitrogens with two attached hydrogens (primary N) is 1. The minimum atomic E-state index is -0.977. The van der Waals surface area contributed by atoms with Crippen LogP contribution in [-0.4, -0.2) is 40.8 Å². The first-order valence-corrected chi connectivity index (χ1v) is 10.3. The largest absolute Gasteiger partial charge is 0.478 e. The average molecular weight is 403 g/mol. The molecule has 0 aliphatic carbocycles. The Balaban J connectivity index is 1.66. The Bertz CT molecular complexity index is 1050. The summed E-state index contributed by atoms with van der Waals surface area (Å²) in [4.78, 5) is 30.7. The second-order valence-electron chi connectivity index (χ2n) is 7.75. The number of carbonyl (C=O) groups is 2. The van der Waals surface area contributed by atoms with Crippen molar-refractivity contribution in [1.82, 2.24) is 4.90 Å². The lowest BCUT2D eigenvalue weighted by atomic mass is 9.94. The molecule has 6 heteroatoms. The summed E-state index contributed by atoms with van der Waals surface area (Å²) in [5, 5.41) is 9.58. The average Bonchev–Trinajstić information content (AvgIpc) is 3.24. The fourth-order valence-corrected chi connectivity index (χ4v) is 4.13. The van der Waals surface area contributed by atoms with Gasteiger partial charge in [-0.2, -0.15) is 0 Å². The number of carboxylic acid groups (broad SMARTS) is 1. The third-order valence-electron chi connectivity index (χ3n) is 5.84. The number of aliphatic imine (C=N–C) groups is 1. The van der Waals surface area contributed by atoms with Gasteiger partial charge in [0.05, 0.1) is 5.69 Å². The molecular weight excluding hydrogens is 378 g/mol. The Morgan fingerprint density at radius 3 is 2.40 bits per heavy atom. The van der Waals surface area contributed by atoms with E-state index in [1.807, 2.05) is 54.3 Å². The van der Waals surface area contributed by atoms with Gasteiger partial charge in [-0.15, -0.1) is 0 Å². The number of carboxylic acids is 1. The summed E-state index contributed by atoms with van der Waals surface area (Å²) in [7, 11) is 0. The molecule has 1 saturated heterocycles. The van der Waals surface area contributed by atoms with Gasteiger partial charge < -0.3 is 15.7 Å². The highest BCUT2D eigenvalue weighted by molar-refractivity contribution is 6.04. The molecule has 0 radical (unpaired) electrons. The minimum Gasteiger partial charge on any atom is -0.478 e. The standard InChI is InChI=1S/C24H25N3O3/c1-2-19-20(24(29)30)13-18-10-9-17(14-21(18)26-22(19)25)15-5-7-16(8-6-15)23(28)27-11-3-4-12-27/h5-10,13-14,19H,2-4,11-12H2,1H3,(H2,25,26)(H,29,30). The second-order valence-corrected chi connectivity index (χ2v) is 7.75. The van der Waals surface area contributed by atoms with Gasteiger partial charge in [0, 0.05) is 35.7 Å². The van der Waals surface area contributed by atoms with Crippen molar-refractivity contribution in [3.05, 3.63) is 59.2 Å². The van der Waals surface area contributed by atoms with E-state index >= 15 is 0 Å². The lowest BCUT2D eigenvalue weighted by molar-refractivity contribution is -0.132. The van der Waals surface area contributed by atoms with Crippen LogP contribution in [-0.2, 0) is 4.79 Å². The second kappa shape index (κ2) is 8.14. The molecule has 2 aliphatic rings. The van der Waals surface area contributed by atoms with Crippen LogP contribution in [0.15, 0.2) is 53.0 Å². The van der Waals surface area contributed by atoms with Crippen LogP contribution >= 0.6 is 0 Å². The number of carbonyl (C=O) groups excluding carboxylic acids is 1. The lowest BCUT2D eigenvalue weighted by Crippen LogP contribution is -2.27. The van der Waals surface area contributed by atoms with E-state index in [1.165, 1.54) is 0 Å². The molecule has 0 bridgehead atoms. The summed E-state index contributed by atoms with van der Waals surface area (Å²) >= 11 is 0. The summed E-state index contributed by atoms with van der Waals surface area (Å²) in [5.74, 6) is -0.992. The van der Waals surface area contributed by atoms with Crippen LogP contribution < -0.4 is 5.73 Å². The summed E-state index contributed by atoms with van der Waals surface area (Å²) in [6.45, 7) is 3.56. The van der Waals surface area contributed by atoms with Crippen LogP contribution in [0, 0.1) is 5.92 Å². The van der Waals surface area contributed by atoms with Crippen LogP contribution in [0.3, 0.4) is 0 Å². The fourth-order valence-electron chi connectivity index (χ4n) is 4.13. The predicted molar refractivity (Wildman–Crippen MR) is 118 cm³/mol. The molecular formula is C24H25N3O3. The van der Waals surface area contributed by atoms with E-state index in [1.54, 1.807) is 6.08 Å². The predicted octanol–water partition coefficient (Wildman–Crippen LogP) is 4.09. The van der Waals surface area contributed by atoms with Gasteiger partial charge in [-0.05, 0) is 54.7 Å². The van der Waals surface area contributed by atoms with E-state index in [-0.39, 0.29) is 11.5 Å². The third kappa shape index (κ3) is 3.73. The maximum Gasteiger partial charge on any atom is 0.332 e. The van der Waals surface area contributed by atoms with E-state index in [2.05, 4.69) is 4.99 Å². The summed E-state index contributed by atoms with van der Waals surface area (Å²) < 4.78 is 0. The smallest absolute Gasteiger partial charge is 0.332 e. The number of aliphatic carboxylic acids is 1. The SMILES string of the molecule is CCC1C(C(=O)O)=Cc2ccc(-c3ccc(C(=O)N4CCCC4)cc3)cc2N=C1N. The highest BCUT2D eigenvalue weighted by Gasteiger charge is 2.25. The molecule has 2 aromatic carbocycles. The number of likely N-dealkylation sites (tertiary alicyclic amines) is 1. The molecule has 2 aromatic rings. The van der Waals surface area contributed by atoms with E-state index in [0.29, 0.717) is 23.5 Å². The Labute approximate surface area is 175 Å². The number of hydrogen-bond donors (Lipinski definition) is 2. The highest BCUT2D eigenvalue weighted by Crippen LogP contribution is 2.34. The van der Waals surface area contributed by atoms with Gasteiger partial charge in [-0.25, -0.2) is 9.79 Å². The lowest BCUT2D eigenvalue weighted by Gasteiger charge is -2.15. The molecule has 4 rings (SSSR count). The maximum atomic E-state index is 12.5. The van der Waals surface area contributed by atoms with Crippen LogP contribution in [0.4, 0.5) is 5.69 Å². The van der Waals surface area contributed by atoms with Gasteiger partial charge in [0.15, 0.2) is 0 Å². The van der Waals surface area contributed by atoms with Crippen molar-refractivity contribution in [2.75, 3.05) is 13.1 Å². The van der Waals surface area contributed by atoms with Gasteiger partial charge in [0.2, 0.25) is 0 Å². The summed E-state index contributed by atoms with van der Waals surface area (Å²) in [6.07, 6.45) is 4.37. The highest BCUT2D eigenvalue weighted by atomic mass is 16.4. The van der Waals surface area contributed by atoms with Crippen molar-refractivity contribution in [3.63, 3.8) is 0 Å². The Kier molecular flexibility index (Phi) is 5.40. The Hall–Kier alpha value is -3.41. The van der Waals surface area contributed by atoms with Crippen LogP contribution in [0.2, 0.25) is 0 Å². The minimum absolute atomic E-state index is 0.0790. The first-order chi connectivity index (χ1) is 14.5. The van der Waals surface area contributed by atoms with Crippen molar-refractivity contribution in [1.29, 1.82) is 0 Å². The van der Waals surface area contributed by atoms with Gasteiger partial charge in [-0.3, -0.25) is 4.79 Å². The molecule has 2 heterocycles. The molecule has 2 aliphatic heterocycles. The maximum absolute atomic E-state index is 12.5. The molecule has 154 valence electrons. The monoisotopic (exact) mass is 403 g/mol. The fraction of sp³-hybridized carbons (Fsp3) is 0.292.